The van der Waals surface area contributed by atoms with Gasteiger partial charge in [-0.1, -0.05) is 0 Å². The van der Waals surface area contributed by atoms with Gasteiger partial charge in [0.05, 0.1) is 91.9 Å². The van der Waals surface area contributed by atoms with Crippen LogP contribution in [0.25, 0.3) is 0 Å². The van der Waals surface area contributed by atoms with Gasteiger partial charge in [0.1, 0.15) is 268 Å². The molecule has 36 N–H and O–H groups in total. The van der Waals surface area contributed by atoms with Gasteiger partial charge in [-0.15, -0.1) is 0 Å². The monoisotopic (exact) mass is 2110 g/mol. The van der Waals surface area contributed by atoms with E-state index in [2.05, 4.69) is 31.9 Å². The van der Waals surface area contributed by atoms with Crippen molar-refractivity contribution in [2.75, 3.05) is 85.9 Å². The van der Waals surface area contributed by atoms with E-state index in [-0.39, 0.29) is 6.41 Å². The summed E-state index contributed by atoms with van der Waals surface area (Å²) in [5.41, 5.74) is 0. The molecule has 0 unspecified atom stereocenters. The van der Waals surface area contributed by atoms with E-state index in [4.69, 9.17) is 104 Å². The molecule has 11 fully saturated rings. The molecule has 11 saturated heterocycles. The van der Waals surface area contributed by atoms with E-state index in [9.17, 15) is 182 Å². The van der Waals surface area contributed by atoms with Crippen molar-refractivity contribution in [1.29, 1.82) is 0 Å². The normalized spacial score (nSPS) is 47.3. The highest BCUT2D eigenvalue weighted by atomic mass is 16.8. The summed E-state index contributed by atoms with van der Waals surface area (Å²) in [6.07, 6.45) is -102. The molecule has 0 saturated carbocycles. The Morgan fingerprint density at radius 2 is 0.444 bits per heavy atom. The molecule has 0 radical (unpaired) electrons. The lowest BCUT2D eigenvalue weighted by Gasteiger charge is -2.51. The van der Waals surface area contributed by atoms with Crippen molar-refractivity contribution in [3.8, 4) is 0 Å². The number of hydrogen-bond acceptors (Lipinski definition) is 58. The zero-order valence-corrected chi connectivity index (χ0v) is 77.4. The number of amides is 6. The molecule has 0 aromatic heterocycles. The second kappa shape index (κ2) is 53.3. The summed E-state index contributed by atoms with van der Waals surface area (Å²) in [5.74, 6) is -4.62. The number of aliphatic hydroxyl groups is 30. The minimum Gasteiger partial charge on any atom is -0.394 e. The summed E-state index contributed by atoms with van der Waals surface area (Å²) in [6.45, 7) is -8.12. The number of nitrogens with one attached hydrogen (secondary N) is 6. The van der Waals surface area contributed by atoms with Gasteiger partial charge in [-0.3, -0.25) is 28.8 Å². The van der Waals surface area contributed by atoms with Gasteiger partial charge < -0.3 is 289 Å². The maximum Gasteiger partial charge on any atom is 0.217 e. The van der Waals surface area contributed by atoms with Crippen LogP contribution >= 0.6 is 0 Å². The zero-order chi connectivity index (χ0) is 106. The molecule has 11 aliphatic heterocycles. The van der Waals surface area contributed by atoms with Gasteiger partial charge in [0.25, 0.3) is 0 Å². The first kappa shape index (κ1) is 119. The Morgan fingerprint density at radius 1 is 0.229 bits per heavy atom. The van der Waals surface area contributed by atoms with Crippen LogP contribution in [0, 0.1) is 0 Å². The van der Waals surface area contributed by atoms with E-state index >= 15 is 0 Å². The topological polar surface area (TPSA) is 985 Å². The lowest BCUT2D eigenvalue weighted by Crippen LogP contribution is -2.70. The average molecular weight is 2110 g/mol. The van der Waals surface area contributed by atoms with Crippen LogP contribution in [0.2, 0.25) is 0 Å². The molecule has 0 bridgehead atoms. The standard InChI is InChI=1S/C80H134N6O58/c1-20(97)82-37-48(108)42(102)26(7-88)127-73(37)144-69-47(107)36(137-80(62(69)122)141-66-32(13-94)133-74(41(52(66)112)86-24(5)101)143-68-46(106)28(9-90)129-79(61(68)121)142-67-33(14-95)134-75(60(120)56(67)116)123-15-25(6-87)81-19-96)18-126-72-40(85-23(4)100)51(111)65(31(12-93)132-72)140-78-59(119)55(115)45(105)35(136-78)17-125-71-39(84-22(3)99)50(110)64(30(11-92)131-71)139-77-58(118)54(114)44(104)34(135-77)16-124-70-38(83-21(2)98)49(109)63(29(10-91)130-70)138-76-57(117)53(113)43(103)27(8-89)128-76/h19,25-80,87-95,102-122H,6-18H2,1-5H3,(H,81,96)(H,82,97)(H,83,98)(H,84,99)(H,85,100)(H,86,101)/t25-,26-,27-,28-,29-,30-,31-,32-,33-,34-,35-,36-,37-,38-,39-,40-,41-,42-,43+,44+,45+,46+,47+,48-,49-,50-,51-,52-,53+,54+,55+,56-,57-,58-,59-,60-,61-,62-,63-,64-,65-,66-,67-,68+,69+,70-,71-,72-,73+,74+,75-,76+,77+,78+,79+,80+/m1/s1. The van der Waals surface area contributed by atoms with Crippen molar-refractivity contribution < 1.29 is 286 Å². The fraction of sp³-hybridized carbons (Fsp3) is 0.925. The van der Waals surface area contributed by atoms with E-state index in [0.29, 0.717) is 0 Å². The van der Waals surface area contributed by atoms with Crippen molar-refractivity contribution in [3.05, 3.63) is 0 Å². The quantitative estimate of drug-likeness (QED) is 0.0252. The third-order valence-corrected chi connectivity index (χ3v) is 25.9. The number of hydrogen-bond donors (Lipinski definition) is 36. The molecular weight excluding hydrogens is 1970 g/mol. The van der Waals surface area contributed by atoms with E-state index in [1.165, 1.54) is 0 Å². The number of ether oxygens (including phenoxy) is 22. The number of rotatable bonds is 42. The van der Waals surface area contributed by atoms with Crippen molar-refractivity contribution in [2.45, 2.75) is 378 Å². The molecule has 832 valence electrons. The van der Waals surface area contributed by atoms with Crippen LogP contribution in [-0.4, -0.2) is 619 Å². The maximum atomic E-state index is 13.2. The molecular formula is C80H134N6O58. The summed E-state index contributed by atoms with van der Waals surface area (Å²) in [4.78, 5) is 75.5. The third-order valence-electron chi connectivity index (χ3n) is 25.9. The van der Waals surface area contributed by atoms with Crippen molar-refractivity contribution in [1.82, 2.24) is 31.9 Å². The predicted octanol–water partition coefficient (Wildman–Crippen LogP) is -25.1. The Morgan fingerprint density at radius 3 is 0.743 bits per heavy atom. The summed E-state index contributed by atoms with van der Waals surface area (Å²) < 4.78 is 129. The Hall–Kier alpha value is -5.26. The Bertz CT molecular complexity index is 3980. The third kappa shape index (κ3) is 27.3. The van der Waals surface area contributed by atoms with Crippen LogP contribution < -0.4 is 31.9 Å². The van der Waals surface area contributed by atoms with E-state index in [1.54, 1.807) is 0 Å². The van der Waals surface area contributed by atoms with Gasteiger partial charge in [-0.05, 0) is 0 Å². The maximum absolute atomic E-state index is 13.2. The summed E-state index contributed by atoms with van der Waals surface area (Å²) >= 11 is 0. The van der Waals surface area contributed by atoms with Crippen LogP contribution in [0.15, 0.2) is 0 Å². The lowest BCUT2D eigenvalue weighted by atomic mass is 9.94. The Labute approximate surface area is 815 Å². The fourth-order valence-electron chi connectivity index (χ4n) is 18.2. The zero-order valence-electron chi connectivity index (χ0n) is 77.4. The molecule has 0 spiro atoms. The highest BCUT2D eigenvalue weighted by Gasteiger charge is 2.62. The second-order valence-electron chi connectivity index (χ2n) is 36.1. The largest absolute Gasteiger partial charge is 0.394 e. The van der Waals surface area contributed by atoms with E-state index < -0.39 is 459 Å². The Balaban J connectivity index is 0.772. The first-order chi connectivity index (χ1) is 68.3. The van der Waals surface area contributed by atoms with Crippen molar-refractivity contribution >= 4 is 35.9 Å². The summed E-state index contributed by atoms with van der Waals surface area (Å²) in [7, 11) is 0. The lowest BCUT2D eigenvalue weighted by molar-refractivity contribution is -0.387. The molecule has 64 heteroatoms. The van der Waals surface area contributed by atoms with Gasteiger partial charge in [0, 0.05) is 34.6 Å². The first-order valence-electron chi connectivity index (χ1n) is 45.9. The molecule has 0 aliphatic carbocycles. The molecule has 11 aliphatic rings. The highest BCUT2D eigenvalue weighted by molar-refractivity contribution is 5.75. The molecule has 6 amide bonds. The predicted molar refractivity (Wildman–Crippen MR) is 444 cm³/mol. The molecule has 56 atom stereocenters. The molecule has 11 rings (SSSR count). The van der Waals surface area contributed by atoms with E-state index in [0.717, 1.165) is 34.6 Å². The SMILES string of the molecule is CC(=O)N[C@H]1[C@H](OC[C@H]2O[C@@H](O[C@H]3[C@H](O)[C@@H](NC(C)=O)[C@H](OC[C@H]4O[C@@H](O[C@H]5[C@H](O)[C@@H](NC(C)=O)[C@H](OC[C@H]6O[C@@H](O[C@H]7[C@H](O)[C@@H](NC(C)=O)[C@H](O[C@H]8[C@@H](O)[C@@H](CO)O[C@@H](O[C@H]9[C@H](O)[C@@H](O)[C@H](OC[C@@H](CO)NC=O)O[C@@H]9CO)[C@@H]8O)O[C@@H]7CO)[C@H](O)[C@@H](O[C@@H]7O[C@H](CO)[C@@H](O)[C@H](O)[C@H]7NC(C)=O)[C@H]6O)O[C@@H]5CO)[C@H](O)[C@@H](O)[C@H]4O)O[C@@H]3CO)[C@H](O)[C@@H](O)[C@H]2O)O[C@H](CO)[C@@H](O[C@@H]2O[C@H](CO)[C@H](O)[C@H](O)[C@H]2O)[C@@H]1O. The second-order valence-corrected chi connectivity index (χ2v) is 36.1. The van der Waals surface area contributed by atoms with Gasteiger partial charge in [0.2, 0.25) is 35.9 Å². The molecule has 0 aromatic carbocycles. The van der Waals surface area contributed by atoms with Crippen LogP contribution in [0.1, 0.15) is 34.6 Å². The van der Waals surface area contributed by atoms with Gasteiger partial charge in [-0.2, -0.15) is 0 Å². The molecule has 144 heavy (non-hydrogen) atoms. The minimum atomic E-state index is -2.47. The van der Waals surface area contributed by atoms with Gasteiger partial charge in [-0.25, -0.2) is 0 Å². The van der Waals surface area contributed by atoms with Crippen LogP contribution in [0.5, 0.6) is 0 Å². The molecule has 0 aromatic rings. The Kier molecular flexibility index (Phi) is 44.1. The number of carbonyl (C=O) groups is 6. The highest BCUT2D eigenvalue weighted by Crippen LogP contribution is 2.41. The van der Waals surface area contributed by atoms with Gasteiger partial charge in [0.15, 0.2) is 69.2 Å². The van der Waals surface area contributed by atoms with Crippen LogP contribution in [0.4, 0.5) is 0 Å². The van der Waals surface area contributed by atoms with E-state index in [1.807, 2.05) is 0 Å². The number of carbonyl (C=O) groups excluding carboxylic acids is 6. The van der Waals surface area contributed by atoms with Crippen LogP contribution in [-0.2, 0) is 133 Å². The van der Waals surface area contributed by atoms with Crippen molar-refractivity contribution in [3.63, 3.8) is 0 Å². The first-order valence-corrected chi connectivity index (χ1v) is 45.9. The molecule has 11 heterocycles. The smallest absolute Gasteiger partial charge is 0.217 e. The number of aliphatic hydroxyl groups excluding tert-OH is 30. The van der Waals surface area contributed by atoms with Crippen LogP contribution in [0.3, 0.4) is 0 Å². The summed E-state index contributed by atoms with van der Waals surface area (Å²) in [6, 6.07) is -10.4. The molecule has 64 nitrogen and oxygen atoms in total. The average Bonchev–Trinajstić information content (AvgIpc) is 0.422. The minimum absolute atomic E-state index is 0.240. The summed E-state index contributed by atoms with van der Waals surface area (Å²) in [5, 5.41) is 349. The van der Waals surface area contributed by atoms with Crippen molar-refractivity contribution in [2.24, 2.45) is 0 Å². The fourth-order valence-corrected chi connectivity index (χ4v) is 18.2. The van der Waals surface area contributed by atoms with Gasteiger partial charge >= 0.3 is 0 Å².